The monoisotopic (exact) mass is 153 g/mol. The minimum atomic E-state index is -1.08. The van der Waals surface area contributed by atoms with E-state index in [1.54, 1.807) is 0 Å². The maximum absolute atomic E-state index is 10.3. The quantitative estimate of drug-likeness (QED) is 0.623. The molecule has 0 aromatic rings. The summed E-state index contributed by atoms with van der Waals surface area (Å²) in [5.74, 6) is -1.61. The molecule has 0 amide bonds. The van der Waals surface area contributed by atoms with E-state index >= 15 is 0 Å². The third-order valence-electron chi connectivity index (χ3n) is 1.43. The van der Waals surface area contributed by atoms with Crippen LogP contribution in [-0.4, -0.2) is 11.1 Å². The molecule has 0 aliphatic rings. The van der Waals surface area contributed by atoms with Crippen LogP contribution in [0.3, 0.4) is 0 Å². The predicted molar refractivity (Wildman–Crippen MR) is 40.8 cm³/mol. The Hall–Kier alpha value is -1.30. The highest BCUT2D eigenvalue weighted by atomic mass is 16.4. The van der Waals surface area contributed by atoms with Crippen molar-refractivity contribution < 1.29 is 9.90 Å². The summed E-state index contributed by atoms with van der Waals surface area (Å²) >= 11 is 0. The van der Waals surface area contributed by atoms with Gasteiger partial charge in [0, 0.05) is 5.57 Å². The highest BCUT2D eigenvalue weighted by molar-refractivity contribution is 5.86. The van der Waals surface area contributed by atoms with Crippen molar-refractivity contribution in [3.05, 3.63) is 12.2 Å². The van der Waals surface area contributed by atoms with Crippen LogP contribution in [0.25, 0.3) is 0 Å². The average Bonchev–Trinajstić information content (AvgIpc) is 1.98. The molecule has 0 aliphatic carbocycles. The molecule has 0 aromatic carbocycles. The molecule has 0 bridgehead atoms. The molecule has 3 heteroatoms. The first kappa shape index (κ1) is 9.70. The molecule has 0 rings (SSSR count). The zero-order chi connectivity index (χ0) is 8.85. The Balaban J connectivity index is 4.17. The second-order valence-electron chi connectivity index (χ2n) is 2.30. The smallest absolute Gasteiger partial charge is 0.332 e. The van der Waals surface area contributed by atoms with E-state index < -0.39 is 11.9 Å². The van der Waals surface area contributed by atoms with Crippen LogP contribution in [0.5, 0.6) is 0 Å². The number of nitriles is 1. The Morgan fingerprint density at radius 2 is 2.36 bits per heavy atom. The van der Waals surface area contributed by atoms with Gasteiger partial charge in [-0.25, -0.2) is 4.79 Å². The fourth-order valence-corrected chi connectivity index (χ4v) is 0.754. The molecule has 60 valence electrons. The van der Waals surface area contributed by atoms with Gasteiger partial charge in [-0.15, -0.1) is 0 Å². The predicted octanol–water partition coefficient (Wildman–Crippen LogP) is 1.57. The van der Waals surface area contributed by atoms with Crippen molar-refractivity contribution >= 4 is 5.97 Å². The van der Waals surface area contributed by atoms with Crippen molar-refractivity contribution in [2.75, 3.05) is 0 Å². The highest BCUT2D eigenvalue weighted by Crippen LogP contribution is 2.14. The molecule has 0 aliphatic heterocycles. The van der Waals surface area contributed by atoms with Gasteiger partial charge in [0.2, 0.25) is 0 Å². The number of carboxylic acids is 1. The number of nitrogens with zero attached hydrogens (tertiary/aromatic N) is 1. The minimum absolute atomic E-state index is 0.00523. The van der Waals surface area contributed by atoms with Gasteiger partial charge >= 0.3 is 5.97 Å². The summed E-state index contributed by atoms with van der Waals surface area (Å²) in [5.41, 5.74) is -0.00523. The number of hydrogen-bond acceptors (Lipinski definition) is 2. The van der Waals surface area contributed by atoms with Crippen LogP contribution in [0, 0.1) is 17.2 Å². The zero-order valence-electron chi connectivity index (χ0n) is 6.50. The van der Waals surface area contributed by atoms with Crippen molar-refractivity contribution in [2.24, 2.45) is 5.92 Å². The van der Waals surface area contributed by atoms with E-state index in [-0.39, 0.29) is 5.57 Å². The lowest BCUT2D eigenvalue weighted by Gasteiger charge is -2.05. The number of carbonyl (C=O) groups is 1. The molecular formula is C8H11NO2. The lowest BCUT2D eigenvalue weighted by Crippen LogP contribution is -2.09. The summed E-state index contributed by atoms with van der Waals surface area (Å²) in [6.07, 6.45) is 1.37. The van der Waals surface area contributed by atoms with Crippen LogP contribution in [0.1, 0.15) is 19.8 Å². The molecule has 0 saturated carbocycles. The number of hydrogen-bond donors (Lipinski definition) is 1. The van der Waals surface area contributed by atoms with Gasteiger partial charge < -0.3 is 5.11 Å². The molecule has 0 fully saturated rings. The van der Waals surface area contributed by atoms with Gasteiger partial charge in [0.1, 0.15) is 0 Å². The first-order valence-corrected chi connectivity index (χ1v) is 3.45. The number of rotatable bonds is 4. The molecular weight excluding hydrogens is 142 g/mol. The van der Waals surface area contributed by atoms with Crippen molar-refractivity contribution in [2.45, 2.75) is 19.8 Å². The van der Waals surface area contributed by atoms with Crippen LogP contribution >= 0.6 is 0 Å². The number of carboxylic acid groups (broad SMARTS) is 1. The first-order chi connectivity index (χ1) is 5.13. The van der Waals surface area contributed by atoms with Crippen LogP contribution in [0.2, 0.25) is 0 Å². The highest BCUT2D eigenvalue weighted by Gasteiger charge is 2.16. The van der Waals surface area contributed by atoms with Crippen LogP contribution in [0.15, 0.2) is 12.2 Å². The molecule has 0 heterocycles. The van der Waals surface area contributed by atoms with E-state index in [9.17, 15) is 4.79 Å². The Kier molecular flexibility index (Phi) is 3.97. The van der Waals surface area contributed by atoms with E-state index in [1.807, 2.05) is 13.0 Å². The van der Waals surface area contributed by atoms with Gasteiger partial charge in [0.05, 0.1) is 12.0 Å². The molecule has 1 atom stereocenters. The van der Waals surface area contributed by atoms with E-state index in [4.69, 9.17) is 10.4 Å². The Morgan fingerprint density at radius 3 is 2.64 bits per heavy atom. The van der Waals surface area contributed by atoms with E-state index in [1.165, 1.54) is 0 Å². The fraction of sp³-hybridized carbons (Fsp3) is 0.500. The van der Waals surface area contributed by atoms with E-state index in [0.29, 0.717) is 6.42 Å². The van der Waals surface area contributed by atoms with Crippen LogP contribution < -0.4 is 0 Å². The molecule has 0 aromatic heterocycles. The zero-order valence-corrected chi connectivity index (χ0v) is 6.50. The fourth-order valence-electron chi connectivity index (χ4n) is 0.754. The average molecular weight is 153 g/mol. The third kappa shape index (κ3) is 2.85. The van der Waals surface area contributed by atoms with Crippen LogP contribution in [0.4, 0.5) is 0 Å². The summed E-state index contributed by atoms with van der Waals surface area (Å²) in [4.78, 5) is 10.3. The van der Waals surface area contributed by atoms with Crippen molar-refractivity contribution in [3.8, 4) is 6.07 Å². The van der Waals surface area contributed by atoms with Crippen molar-refractivity contribution in [1.82, 2.24) is 0 Å². The molecule has 1 unspecified atom stereocenters. The minimum Gasteiger partial charge on any atom is -0.478 e. The molecule has 0 radical (unpaired) electrons. The second-order valence-corrected chi connectivity index (χ2v) is 2.30. The standard InChI is InChI=1S/C8H11NO2/c1-3-4-7(5-9)6(2)8(10)11/h7H,2-4H2,1H3,(H,10,11). The first-order valence-electron chi connectivity index (χ1n) is 3.45. The van der Waals surface area contributed by atoms with Crippen molar-refractivity contribution in [3.63, 3.8) is 0 Å². The summed E-state index contributed by atoms with van der Waals surface area (Å²) < 4.78 is 0. The number of aliphatic carboxylic acids is 1. The molecule has 0 spiro atoms. The van der Waals surface area contributed by atoms with Gasteiger partial charge in [-0.05, 0) is 6.42 Å². The molecule has 0 saturated heterocycles. The summed E-state index contributed by atoms with van der Waals surface area (Å²) in [5, 5.41) is 17.0. The molecule has 11 heavy (non-hydrogen) atoms. The SMILES string of the molecule is C=C(C(=O)O)C(C#N)CCC. The van der Waals surface area contributed by atoms with Gasteiger partial charge in [-0.1, -0.05) is 19.9 Å². The molecule has 3 nitrogen and oxygen atoms in total. The van der Waals surface area contributed by atoms with Gasteiger partial charge in [0.25, 0.3) is 0 Å². The maximum atomic E-state index is 10.3. The lowest BCUT2D eigenvalue weighted by molar-refractivity contribution is -0.133. The summed E-state index contributed by atoms with van der Waals surface area (Å²) in [6.45, 7) is 5.22. The Labute approximate surface area is 66.0 Å². The largest absolute Gasteiger partial charge is 0.478 e. The van der Waals surface area contributed by atoms with E-state index in [2.05, 4.69) is 6.58 Å². The maximum Gasteiger partial charge on any atom is 0.332 e. The summed E-state index contributed by atoms with van der Waals surface area (Å²) in [7, 11) is 0. The topological polar surface area (TPSA) is 61.1 Å². The van der Waals surface area contributed by atoms with Gasteiger partial charge in [-0.2, -0.15) is 5.26 Å². The molecule has 1 N–H and O–H groups in total. The normalized spacial score (nSPS) is 11.6. The summed E-state index contributed by atoms with van der Waals surface area (Å²) in [6, 6.07) is 1.90. The second kappa shape index (κ2) is 4.51. The third-order valence-corrected chi connectivity index (χ3v) is 1.43. The Morgan fingerprint density at radius 1 is 1.82 bits per heavy atom. The lowest BCUT2D eigenvalue weighted by atomic mass is 9.97. The van der Waals surface area contributed by atoms with E-state index in [0.717, 1.165) is 6.42 Å². The van der Waals surface area contributed by atoms with Crippen LogP contribution in [-0.2, 0) is 4.79 Å². The van der Waals surface area contributed by atoms with Gasteiger partial charge in [0.15, 0.2) is 0 Å². The van der Waals surface area contributed by atoms with Gasteiger partial charge in [-0.3, -0.25) is 0 Å². The van der Waals surface area contributed by atoms with Crippen molar-refractivity contribution in [1.29, 1.82) is 5.26 Å². The Bertz CT molecular complexity index is 203.